The van der Waals surface area contributed by atoms with Crippen molar-refractivity contribution in [2.45, 2.75) is 45.6 Å². The van der Waals surface area contributed by atoms with Crippen LogP contribution >= 0.6 is 0 Å². The first kappa shape index (κ1) is 14.1. The predicted octanol–water partition coefficient (Wildman–Crippen LogP) is 2.74. The molecule has 0 aromatic heterocycles. The van der Waals surface area contributed by atoms with Crippen LogP contribution in [0.25, 0.3) is 0 Å². The van der Waals surface area contributed by atoms with E-state index in [1.54, 1.807) is 0 Å². The highest BCUT2D eigenvalue weighted by atomic mass is 16.2. The van der Waals surface area contributed by atoms with Gasteiger partial charge in [0, 0.05) is 12.2 Å². The molecule has 1 N–H and O–H groups in total. The van der Waals surface area contributed by atoms with E-state index < -0.39 is 0 Å². The second kappa shape index (κ2) is 6.71. The van der Waals surface area contributed by atoms with Gasteiger partial charge in [-0.3, -0.25) is 4.79 Å². The Bertz CT molecular complexity index is 431. The van der Waals surface area contributed by atoms with E-state index in [0.717, 1.165) is 44.5 Å². The van der Waals surface area contributed by atoms with Gasteiger partial charge in [0.15, 0.2) is 0 Å². The van der Waals surface area contributed by atoms with Crippen LogP contribution in [0.2, 0.25) is 0 Å². The normalized spacial score (nSPS) is 19.8. The summed E-state index contributed by atoms with van der Waals surface area (Å²) in [6, 6.07) is 8.25. The fraction of sp³-hybridized carbons (Fsp3) is 0.562. The fourth-order valence-corrected chi connectivity index (χ4v) is 2.70. The summed E-state index contributed by atoms with van der Waals surface area (Å²) in [6.07, 6.45) is 4.07. The molecule has 3 heteroatoms. The van der Waals surface area contributed by atoms with Crippen LogP contribution in [0, 0.1) is 0 Å². The van der Waals surface area contributed by atoms with Crippen LogP contribution in [0.4, 0.5) is 5.69 Å². The highest BCUT2D eigenvalue weighted by molar-refractivity contribution is 5.98. The zero-order valence-corrected chi connectivity index (χ0v) is 12.0. The van der Waals surface area contributed by atoms with Gasteiger partial charge < -0.3 is 10.2 Å². The number of aryl methyl sites for hydroxylation is 1. The van der Waals surface area contributed by atoms with E-state index in [1.807, 2.05) is 17.0 Å². The van der Waals surface area contributed by atoms with E-state index in [4.69, 9.17) is 0 Å². The van der Waals surface area contributed by atoms with E-state index in [1.165, 1.54) is 5.56 Å². The average molecular weight is 260 g/mol. The molecule has 0 spiro atoms. The Morgan fingerprint density at radius 2 is 2.11 bits per heavy atom. The lowest BCUT2D eigenvalue weighted by atomic mass is 10.0. The van der Waals surface area contributed by atoms with Crippen molar-refractivity contribution in [2.24, 2.45) is 0 Å². The molecule has 0 saturated carbocycles. The summed E-state index contributed by atoms with van der Waals surface area (Å²) >= 11 is 0. The molecule has 19 heavy (non-hydrogen) atoms. The van der Waals surface area contributed by atoms with Gasteiger partial charge in [-0.05, 0) is 43.9 Å². The van der Waals surface area contributed by atoms with Gasteiger partial charge in [0.2, 0.25) is 5.91 Å². The Kier molecular flexibility index (Phi) is 4.97. The minimum atomic E-state index is -0.00128. The number of nitrogens with zero attached hydrogens (tertiary/aromatic N) is 1. The number of benzene rings is 1. The molecule has 2 rings (SSSR count). The number of carbonyl (C=O) groups excluding carboxylic acids is 1. The van der Waals surface area contributed by atoms with Crippen LogP contribution in [0.5, 0.6) is 0 Å². The van der Waals surface area contributed by atoms with Gasteiger partial charge in [-0.25, -0.2) is 0 Å². The molecule has 1 aromatic rings. The van der Waals surface area contributed by atoms with Crippen molar-refractivity contribution in [1.82, 2.24) is 5.32 Å². The Balaban J connectivity index is 2.17. The molecule has 0 radical (unpaired) electrons. The van der Waals surface area contributed by atoms with Crippen LogP contribution in [0.15, 0.2) is 24.3 Å². The summed E-state index contributed by atoms with van der Waals surface area (Å²) < 4.78 is 0. The van der Waals surface area contributed by atoms with Crippen LogP contribution < -0.4 is 10.2 Å². The second-order valence-electron chi connectivity index (χ2n) is 5.12. The third kappa shape index (κ3) is 3.16. The zero-order valence-electron chi connectivity index (χ0n) is 12.0. The first-order chi connectivity index (χ1) is 9.27. The number of piperidine rings is 1. The van der Waals surface area contributed by atoms with Crippen LogP contribution in [0.1, 0.15) is 38.7 Å². The Labute approximate surface area is 116 Å². The molecule has 1 amide bonds. The van der Waals surface area contributed by atoms with Gasteiger partial charge >= 0.3 is 0 Å². The van der Waals surface area contributed by atoms with Gasteiger partial charge in [0.25, 0.3) is 0 Å². The van der Waals surface area contributed by atoms with Crippen molar-refractivity contribution in [3.8, 4) is 0 Å². The molecule has 1 unspecified atom stereocenters. The van der Waals surface area contributed by atoms with Crippen molar-refractivity contribution in [3.05, 3.63) is 29.8 Å². The van der Waals surface area contributed by atoms with Crippen molar-refractivity contribution in [2.75, 3.05) is 18.0 Å². The molecule has 1 saturated heterocycles. The minimum Gasteiger partial charge on any atom is -0.311 e. The van der Waals surface area contributed by atoms with Crippen LogP contribution in [-0.4, -0.2) is 25.0 Å². The fourth-order valence-electron chi connectivity index (χ4n) is 2.70. The standard InChI is InChI=1S/C16H24N2O/c1-3-11-17-14-9-7-12-18(16(14)19)15-10-6-5-8-13(15)4-2/h5-6,8,10,14,17H,3-4,7,9,11-12H2,1-2H3. The molecule has 1 aromatic carbocycles. The van der Waals surface area contributed by atoms with E-state index in [-0.39, 0.29) is 11.9 Å². The van der Waals surface area contributed by atoms with Crippen LogP contribution in [0.3, 0.4) is 0 Å². The molecular weight excluding hydrogens is 236 g/mol. The minimum absolute atomic E-state index is 0.00128. The van der Waals surface area contributed by atoms with Crippen molar-refractivity contribution >= 4 is 11.6 Å². The van der Waals surface area contributed by atoms with E-state index >= 15 is 0 Å². The quantitative estimate of drug-likeness (QED) is 0.883. The number of anilines is 1. The average Bonchev–Trinajstić information content (AvgIpc) is 2.46. The molecule has 1 aliphatic rings. The largest absolute Gasteiger partial charge is 0.311 e. The molecular formula is C16H24N2O. The lowest BCUT2D eigenvalue weighted by molar-refractivity contribution is -0.121. The first-order valence-corrected chi connectivity index (χ1v) is 7.40. The summed E-state index contributed by atoms with van der Waals surface area (Å²) in [5.41, 5.74) is 2.35. The monoisotopic (exact) mass is 260 g/mol. The van der Waals surface area contributed by atoms with Crippen molar-refractivity contribution in [3.63, 3.8) is 0 Å². The second-order valence-corrected chi connectivity index (χ2v) is 5.12. The van der Waals surface area contributed by atoms with Crippen molar-refractivity contribution in [1.29, 1.82) is 0 Å². The maximum atomic E-state index is 12.6. The third-order valence-corrected chi connectivity index (χ3v) is 3.74. The van der Waals surface area contributed by atoms with Gasteiger partial charge in [0.05, 0.1) is 6.04 Å². The third-order valence-electron chi connectivity index (χ3n) is 3.74. The van der Waals surface area contributed by atoms with Gasteiger partial charge in [-0.15, -0.1) is 0 Å². The maximum Gasteiger partial charge on any atom is 0.244 e. The van der Waals surface area contributed by atoms with E-state index in [2.05, 4.69) is 31.3 Å². The summed E-state index contributed by atoms with van der Waals surface area (Å²) in [4.78, 5) is 14.5. The Morgan fingerprint density at radius 1 is 1.32 bits per heavy atom. The number of amides is 1. The SMILES string of the molecule is CCCNC1CCCN(c2ccccc2CC)C1=O. The highest BCUT2D eigenvalue weighted by Gasteiger charge is 2.29. The predicted molar refractivity (Wildman–Crippen MR) is 79.5 cm³/mol. The number of hydrogen-bond acceptors (Lipinski definition) is 2. The summed E-state index contributed by atoms with van der Waals surface area (Å²) in [6.45, 7) is 6.03. The van der Waals surface area contributed by atoms with Gasteiger partial charge in [-0.2, -0.15) is 0 Å². The molecule has 1 heterocycles. The number of nitrogens with one attached hydrogen (secondary N) is 1. The molecule has 0 aliphatic carbocycles. The molecule has 1 aliphatic heterocycles. The number of carbonyl (C=O) groups is 1. The van der Waals surface area contributed by atoms with Crippen LogP contribution in [-0.2, 0) is 11.2 Å². The number of hydrogen-bond donors (Lipinski definition) is 1. The summed E-state index contributed by atoms with van der Waals surface area (Å²) in [5.74, 6) is 0.237. The zero-order chi connectivity index (χ0) is 13.7. The maximum absolute atomic E-state index is 12.6. The highest BCUT2D eigenvalue weighted by Crippen LogP contribution is 2.25. The van der Waals surface area contributed by atoms with E-state index in [9.17, 15) is 4.79 Å². The molecule has 1 fully saturated rings. The molecule has 3 nitrogen and oxygen atoms in total. The Hall–Kier alpha value is -1.35. The summed E-state index contributed by atoms with van der Waals surface area (Å²) in [5, 5.41) is 3.37. The topological polar surface area (TPSA) is 32.3 Å². The number of para-hydroxylation sites is 1. The lowest BCUT2D eigenvalue weighted by Crippen LogP contribution is -2.51. The van der Waals surface area contributed by atoms with E-state index in [0.29, 0.717) is 0 Å². The molecule has 1 atom stereocenters. The molecule has 104 valence electrons. The summed E-state index contributed by atoms with van der Waals surface area (Å²) in [7, 11) is 0. The lowest BCUT2D eigenvalue weighted by Gasteiger charge is -2.34. The Morgan fingerprint density at radius 3 is 2.84 bits per heavy atom. The van der Waals surface area contributed by atoms with Gasteiger partial charge in [-0.1, -0.05) is 32.0 Å². The van der Waals surface area contributed by atoms with Gasteiger partial charge in [0.1, 0.15) is 0 Å². The van der Waals surface area contributed by atoms with Crippen molar-refractivity contribution < 1.29 is 4.79 Å². The first-order valence-electron chi connectivity index (χ1n) is 7.40. The smallest absolute Gasteiger partial charge is 0.244 e. The molecule has 0 bridgehead atoms. The number of rotatable bonds is 5.